The van der Waals surface area contributed by atoms with Gasteiger partial charge in [-0.15, -0.1) is 0 Å². The van der Waals surface area contributed by atoms with Crippen LogP contribution >= 0.6 is 0 Å². The van der Waals surface area contributed by atoms with Gasteiger partial charge < -0.3 is 26.1 Å². The summed E-state index contributed by atoms with van der Waals surface area (Å²) in [6, 6.07) is 15.6. The molecule has 2 aromatic carbocycles. The van der Waals surface area contributed by atoms with Crippen molar-refractivity contribution in [1.82, 2.24) is 15.6 Å². The molecule has 0 aliphatic heterocycles. The van der Waals surface area contributed by atoms with Gasteiger partial charge in [0.2, 0.25) is 11.8 Å². The van der Waals surface area contributed by atoms with Crippen LogP contribution in [0.4, 0.5) is 0 Å². The number of nitrogens with two attached hydrogens (primary N) is 1. The van der Waals surface area contributed by atoms with Crippen molar-refractivity contribution in [2.45, 2.75) is 50.7 Å². The number of rotatable bonds is 10. The zero-order valence-electron chi connectivity index (χ0n) is 19.8. The highest BCUT2D eigenvalue weighted by atomic mass is 16.5. The van der Waals surface area contributed by atoms with E-state index in [9.17, 15) is 14.4 Å². The molecule has 1 aromatic heterocycles. The van der Waals surface area contributed by atoms with Crippen molar-refractivity contribution in [3.8, 4) is 0 Å². The number of fused-ring (bicyclic) bond motifs is 1. The van der Waals surface area contributed by atoms with Gasteiger partial charge in [0.05, 0.1) is 12.6 Å². The van der Waals surface area contributed by atoms with Crippen molar-refractivity contribution >= 4 is 28.7 Å². The number of methoxy groups -OCH3 is 1. The molecule has 0 bridgehead atoms. The Labute approximate surface area is 199 Å². The third-order valence-electron chi connectivity index (χ3n) is 5.67. The SMILES string of the molecule is COC(=O)[C@H](CCc1ccccc1)NC(=O)[C@@H](Cc1c[nH]c2ccccc12)NC(=O)C(C)(C)N. The van der Waals surface area contributed by atoms with Crippen molar-refractivity contribution in [2.24, 2.45) is 5.73 Å². The lowest BCUT2D eigenvalue weighted by Crippen LogP contribution is -2.58. The number of hydrogen-bond acceptors (Lipinski definition) is 5. The fourth-order valence-corrected chi connectivity index (χ4v) is 3.69. The van der Waals surface area contributed by atoms with Gasteiger partial charge in [0.25, 0.3) is 0 Å². The summed E-state index contributed by atoms with van der Waals surface area (Å²) in [4.78, 5) is 41.6. The molecule has 0 saturated carbocycles. The molecule has 5 N–H and O–H groups in total. The van der Waals surface area contributed by atoms with Crippen LogP contribution in [0.5, 0.6) is 0 Å². The minimum atomic E-state index is -1.17. The summed E-state index contributed by atoms with van der Waals surface area (Å²) in [5.74, 6) is -1.49. The van der Waals surface area contributed by atoms with Crippen LogP contribution in [0.2, 0.25) is 0 Å². The largest absolute Gasteiger partial charge is 0.467 e. The first-order valence-corrected chi connectivity index (χ1v) is 11.3. The molecular weight excluding hydrogens is 432 g/mol. The van der Waals surface area contributed by atoms with E-state index in [1.165, 1.54) is 7.11 Å². The summed E-state index contributed by atoms with van der Waals surface area (Å²) in [5, 5.41) is 6.48. The van der Waals surface area contributed by atoms with Crippen LogP contribution in [0, 0.1) is 0 Å². The molecule has 0 fully saturated rings. The quantitative estimate of drug-likeness (QED) is 0.342. The smallest absolute Gasteiger partial charge is 0.328 e. The predicted molar refractivity (Wildman–Crippen MR) is 131 cm³/mol. The zero-order valence-corrected chi connectivity index (χ0v) is 19.8. The van der Waals surface area contributed by atoms with Crippen molar-refractivity contribution in [3.05, 3.63) is 71.9 Å². The lowest BCUT2D eigenvalue weighted by atomic mass is 10.0. The Morgan fingerprint density at radius 2 is 1.68 bits per heavy atom. The fraction of sp³-hybridized carbons (Fsp3) is 0.346. The van der Waals surface area contributed by atoms with Gasteiger partial charge in [0.1, 0.15) is 12.1 Å². The molecule has 1 heterocycles. The first-order valence-electron chi connectivity index (χ1n) is 11.3. The van der Waals surface area contributed by atoms with Crippen molar-refractivity contribution < 1.29 is 19.1 Å². The minimum Gasteiger partial charge on any atom is -0.467 e. The lowest BCUT2D eigenvalue weighted by molar-refractivity contribution is -0.145. The highest BCUT2D eigenvalue weighted by Gasteiger charge is 2.31. The van der Waals surface area contributed by atoms with E-state index in [0.29, 0.717) is 12.8 Å². The van der Waals surface area contributed by atoms with Crippen LogP contribution in [0.15, 0.2) is 60.8 Å². The normalized spacial score (nSPS) is 13.2. The molecule has 8 heteroatoms. The average Bonchev–Trinajstić information content (AvgIpc) is 3.23. The van der Waals surface area contributed by atoms with Gasteiger partial charge in [0.15, 0.2) is 0 Å². The highest BCUT2D eigenvalue weighted by Crippen LogP contribution is 2.19. The maximum absolute atomic E-state index is 13.3. The Kier molecular flexibility index (Phi) is 8.07. The monoisotopic (exact) mass is 464 g/mol. The summed E-state index contributed by atoms with van der Waals surface area (Å²) in [6.07, 6.45) is 2.98. The standard InChI is InChI=1S/C26H32N4O4/c1-26(2,27)25(33)30-22(15-18-16-28-20-12-8-7-11-19(18)20)23(31)29-21(24(32)34-3)14-13-17-9-5-4-6-10-17/h4-12,16,21-22,28H,13-15,27H2,1-3H3,(H,29,31)(H,30,33)/t21-,22+/m0/s1. The molecule has 3 aromatic rings. The number of nitrogens with one attached hydrogen (secondary N) is 3. The van der Waals surface area contributed by atoms with Crippen molar-refractivity contribution in [3.63, 3.8) is 0 Å². The van der Waals surface area contributed by atoms with Crippen LogP contribution in [-0.2, 0) is 32.0 Å². The third-order valence-corrected chi connectivity index (χ3v) is 5.67. The van der Waals surface area contributed by atoms with Crippen LogP contribution in [0.3, 0.4) is 0 Å². The third kappa shape index (κ3) is 6.45. The number of hydrogen-bond donors (Lipinski definition) is 4. The summed E-state index contributed by atoms with van der Waals surface area (Å²) < 4.78 is 4.91. The number of benzene rings is 2. The number of carbonyl (C=O) groups is 3. The van der Waals surface area contributed by atoms with Crippen LogP contribution in [-0.4, -0.2) is 47.5 Å². The number of ether oxygens (including phenoxy) is 1. The van der Waals surface area contributed by atoms with Gasteiger partial charge in [-0.25, -0.2) is 4.79 Å². The molecule has 2 atom stereocenters. The Morgan fingerprint density at radius 1 is 1.00 bits per heavy atom. The molecule has 8 nitrogen and oxygen atoms in total. The van der Waals surface area contributed by atoms with Crippen molar-refractivity contribution in [1.29, 1.82) is 0 Å². The minimum absolute atomic E-state index is 0.226. The molecule has 0 radical (unpaired) electrons. The Bertz CT molecular complexity index is 1130. The van der Waals surface area contributed by atoms with E-state index >= 15 is 0 Å². The van der Waals surface area contributed by atoms with E-state index in [0.717, 1.165) is 22.0 Å². The molecule has 2 amide bonds. The number of H-pyrrole nitrogens is 1. The number of aromatic amines is 1. The van der Waals surface area contributed by atoms with E-state index in [-0.39, 0.29) is 6.42 Å². The highest BCUT2D eigenvalue weighted by molar-refractivity contribution is 5.94. The maximum Gasteiger partial charge on any atom is 0.328 e. The van der Waals surface area contributed by atoms with E-state index in [4.69, 9.17) is 10.5 Å². The average molecular weight is 465 g/mol. The fourth-order valence-electron chi connectivity index (χ4n) is 3.69. The van der Waals surface area contributed by atoms with Gasteiger partial charge >= 0.3 is 5.97 Å². The lowest BCUT2D eigenvalue weighted by Gasteiger charge is -2.25. The van der Waals surface area contributed by atoms with E-state index in [1.54, 1.807) is 13.8 Å². The molecule has 0 unspecified atom stereocenters. The Balaban J connectivity index is 1.80. The Morgan fingerprint density at radius 3 is 2.35 bits per heavy atom. The first-order chi connectivity index (χ1) is 16.2. The summed E-state index contributed by atoms with van der Waals surface area (Å²) in [7, 11) is 1.28. The molecule has 0 saturated heterocycles. The second-order valence-electron chi connectivity index (χ2n) is 8.92. The van der Waals surface area contributed by atoms with Crippen LogP contribution in [0.25, 0.3) is 10.9 Å². The number of amides is 2. The first kappa shape index (κ1) is 25.0. The molecular formula is C26H32N4O4. The molecule has 0 aliphatic rings. The van der Waals surface area contributed by atoms with E-state index in [1.807, 2.05) is 60.8 Å². The molecule has 180 valence electrons. The van der Waals surface area contributed by atoms with E-state index in [2.05, 4.69) is 15.6 Å². The van der Waals surface area contributed by atoms with Gasteiger partial charge in [-0.2, -0.15) is 0 Å². The summed E-state index contributed by atoms with van der Waals surface area (Å²) in [6.45, 7) is 3.14. The maximum atomic E-state index is 13.3. The molecule has 0 spiro atoms. The van der Waals surface area contributed by atoms with Gasteiger partial charge in [-0.3, -0.25) is 9.59 Å². The second kappa shape index (κ2) is 11.0. The van der Waals surface area contributed by atoms with Gasteiger partial charge in [0, 0.05) is 23.5 Å². The van der Waals surface area contributed by atoms with Crippen LogP contribution < -0.4 is 16.4 Å². The summed E-state index contributed by atoms with van der Waals surface area (Å²) >= 11 is 0. The number of aryl methyl sites for hydroxylation is 1. The number of carbonyl (C=O) groups excluding carboxylic acids is 3. The van der Waals surface area contributed by atoms with E-state index < -0.39 is 35.4 Å². The molecule has 0 aliphatic carbocycles. The van der Waals surface area contributed by atoms with Crippen molar-refractivity contribution in [2.75, 3.05) is 7.11 Å². The Hall–Kier alpha value is -3.65. The molecule has 34 heavy (non-hydrogen) atoms. The molecule has 3 rings (SSSR count). The van der Waals surface area contributed by atoms with Gasteiger partial charge in [-0.05, 0) is 43.9 Å². The zero-order chi connectivity index (χ0) is 24.7. The van der Waals surface area contributed by atoms with Crippen LogP contribution in [0.1, 0.15) is 31.4 Å². The topological polar surface area (TPSA) is 126 Å². The van der Waals surface area contributed by atoms with Gasteiger partial charge in [-0.1, -0.05) is 48.5 Å². The number of aromatic nitrogens is 1. The second-order valence-corrected chi connectivity index (χ2v) is 8.92. The number of para-hydroxylation sites is 1. The predicted octanol–water partition coefficient (Wildman–Crippen LogP) is 2.22. The summed E-state index contributed by atoms with van der Waals surface area (Å²) in [5.41, 5.74) is 7.61. The number of esters is 1.